The Hall–Kier alpha value is -4.47. The average molecular weight is 628 g/mol. The second-order valence-corrected chi connectivity index (χ2v) is 12.5. The Kier molecular flexibility index (Phi) is 12.3. The highest BCUT2D eigenvalue weighted by Gasteiger charge is 2.30. The van der Waals surface area contributed by atoms with E-state index >= 15 is 0 Å². The monoisotopic (exact) mass is 627 g/mol. The standard InChI is InChI=1S/C36H41N3O5S/c1-3-38-45(42,43)33-21-16-28(17-22-33)18-23-35(40)39(27-31-12-8-5-9-13-31)34(26-30-10-6-4-7-11-30)36(41)37-25-24-29-14-19-32(44-2)20-15-29/h4-17,19-22,34,38H,3,18,23-27H2,1-2H3,(H,37,41). The van der Waals surface area contributed by atoms with Gasteiger partial charge in [0.15, 0.2) is 0 Å². The van der Waals surface area contributed by atoms with Crippen LogP contribution in [0.25, 0.3) is 0 Å². The molecule has 4 rings (SSSR count). The highest BCUT2D eigenvalue weighted by Crippen LogP contribution is 2.18. The smallest absolute Gasteiger partial charge is 0.243 e. The SMILES string of the molecule is CCNS(=O)(=O)c1ccc(CCC(=O)N(Cc2ccccc2)C(Cc2ccccc2)C(=O)NCCc2ccc(OC)cc2)cc1. The summed E-state index contributed by atoms with van der Waals surface area (Å²) in [6, 6.07) is 32.9. The van der Waals surface area contributed by atoms with Crippen LogP contribution >= 0.6 is 0 Å². The third kappa shape index (κ3) is 10.0. The van der Waals surface area contributed by atoms with Gasteiger partial charge in [0.05, 0.1) is 12.0 Å². The van der Waals surface area contributed by atoms with Gasteiger partial charge in [0, 0.05) is 32.5 Å². The highest BCUT2D eigenvalue weighted by molar-refractivity contribution is 7.89. The fraction of sp³-hybridized carbons (Fsp3) is 0.278. The zero-order chi connectivity index (χ0) is 32.1. The quantitative estimate of drug-likeness (QED) is 0.184. The lowest BCUT2D eigenvalue weighted by Gasteiger charge is -2.31. The number of benzene rings is 4. The molecule has 8 nitrogen and oxygen atoms in total. The summed E-state index contributed by atoms with van der Waals surface area (Å²) in [4.78, 5) is 29.7. The van der Waals surface area contributed by atoms with Crippen LogP contribution in [0, 0.1) is 0 Å². The van der Waals surface area contributed by atoms with Crippen LogP contribution in [0.1, 0.15) is 35.6 Å². The first-order chi connectivity index (χ1) is 21.8. The highest BCUT2D eigenvalue weighted by atomic mass is 32.2. The number of sulfonamides is 1. The third-order valence-corrected chi connectivity index (χ3v) is 9.10. The summed E-state index contributed by atoms with van der Waals surface area (Å²) < 4.78 is 32.4. The number of amides is 2. The van der Waals surface area contributed by atoms with E-state index < -0.39 is 16.1 Å². The number of aryl methyl sites for hydroxylation is 1. The van der Waals surface area contributed by atoms with Gasteiger partial charge in [0.1, 0.15) is 11.8 Å². The van der Waals surface area contributed by atoms with Gasteiger partial charge in [0.25, 0.3) is 0 Å². The van der Waals surface area contributed by atoms with E-state index in [0.717, 1.165) is 28.0 Å². The zero-order valence-electron chi connectivity index (χ0n) is 25.8. The maximum absolute atomic E-state index is 14.0. The van der Waals surface area contributed by atoms with Crippen molar-refractivity contribution in [1.82, 2.24) is 14.9 Å². The lowest BCUT2D eigenvalue weighted by molar-refractivity contribution is -0.141. The fourth-order valence-electron chi connectivity index (χ4n) is 5.08. The molecule has 236 valence electrons. The molecule has 1 atom stereocenters. The second kappa shape index (κ2) is 16.6. The molecule has 0 saturated carbocycles. The lowest BCUT2D eigenvalue weighted by Crippen LogP contribution is -2.50. The Morgan fingerprint density at radius 1 is 0.756 bits per heavy atom. The van der Waals surface area contributed by atoms with Gasteiger partial charge < -0.3 is 15.0 Å². The van der Waals surface area contributed by atoms with Crippen LogP contribution in [0.15, 0.2) is 114 Å². The van der Waals surface area contributed by atoms with E-state index in [1.165, 1.54) is 0 Å². The van der Waals surface area contributed by atoms with Gasteiger partial charge in [-0.2, -0.15) is 0 Å². The first kappa shape index (κ1) is 33.4. The molecule has 0 aromatic heterocycles. The summed E-state index contributed by atoms with van der Waals surface area (Å²) in [6.07, 6.45) is 1.57. The van der Waals surface area contributed by atoms with E-state index in [1.807, 2.05) is 84.9 Å². The molecule has 0 aliphatic heterocycles. The summed E-state index contributed by atoms with van der Waals surface area (Å²) in [7, 11) is -1.94. The zero-order valence-corrected chi connectivity index (χ0v) is 26.6. The summed E-state index contributed by atoms with van der Waals surface area (Å²) in [5, 5.41) is 3.08. The number of carbonyl (C=O) groups is 2. The van der Waals surface area contributed by atoms with Crippen LogP contribution in [0.4, 0.5) is 0 Å². The minimum Gasteiger partial charge on any atom is -0.497 e. The van der Waals surface area contributed by atoms with E-state index in [-0.39, 0.29) is 29.7 Å². The Balaban J connectivity index is 1.53. The third-order valence-electron chi connectivity index (χ3n) is 7.53. The molecule has 9 heteroatoms. The van der Waals surface area contributed by atoms with Crippen molar-refractivity contribution in [3.8, 4) is 5.75 Å². The van der Waals surface area contributed by atoms with E-state index in [4.69, 9.17) is 4.74 Å². The van der Waals surface area contributed by atoms with Crippen LogP contribution in [0.5, 0.6) is 5.75 Å². The molecule has 0 heterocycles. The normalized spacial score (nSPS) is 11.9. The molecule has 0 aliphatic rings. The van der Waals surface area contributed by atoms with Crippen molar-refractivity contribution in [2.45, 2.75) is 50.1 Å². The first-order valence-electron chi connectivity index (χ1n) is 15.2. The first-order valence-corrected chi connectivity index (χ1v) is 16.6. The van der Waals surface area contributed by atoms with Gasteiger partial charge in [-0.3, -0.25) is 9.59 Å². The molecule has 0 spiro atoms. The predicted octanol–water partition coefficient (Wildman–Crippen LogP) is 4.93. The summed E-state index contributed by atoms with van der Waals surface area (Å²) in [6.45, 7) is 2.73. The van der Waals surface area contributed by atoms with Crippen molar-refractivity contribution in [2.75, 3.05) is 20.2 Å². The van der Waals surface area contributed by atoms with Crippen molar-refractivity contribution in [2.24, 2.45) is 0 Å². The fourth-order valence-corrected chi connectivity index (χ4v) is 6.12. The number of ether oxygens (including phenoxy) is 1. The van der Waals surface area contributed by atoms with Crippen LogP contribution in [0.2, 0.25) is 0 Å². The molecule has 1 unspecified atom stereocenters. The molecular weight excluding hydrogens is 586 g/mol. The van der Waals surface area contributed by atoms with Crippen molar-refractivity contribution in [1.29, 1.82) is 0 Å². The van der Waals surface area contributed by atoms with E-state index in [1.54, 1.807) is 43.2 Å². The Labute approximate surface area is 266 Å². The molecule has 0 fully saturated rings. The van der Waals surface area contributed by atoms with Crippen molar-refractivity contribution < 1.29 is 22.7 Å². The van der Waals surface area contributed by atoms with Gasteiger partial charge in [-0.15, -0.1) is 0 Å². The summed E-state index contributed by atoms with van der Waals surface area (Å²) in [5.41, 5.74) is 3.78. The predicted molar refractivity (Wildman–Crippen MR) is 176 cm³/mol. The molecule has 4 aromatic rings. The second-order valence-electron chi connectivity index (χ2n) is 10.7. The molecular formula is C36H41N3O5S. The van der Waals surface area contributed by atoms with E-state index in [0.29, 0.717) is 32.4 Å². The molecule has 0 aliphatic carbocycles. The molecule has 4 aromatic carbocycles. The van der Waals surface area contributed by atoms with Gasteiger partial charge in [-0.05, 0) is 59.4 Å². The molecule has 0 saturated heterocycles. The maximum Gasteiger partial charge on any atom is 0.243 e. The summed E-state index contributed by atoms with van der Waals surface area (Å²) >= 11 is 0. The number of rotatable bonds is 16. The number of hydrogen-bond acceptors (Lipinski definition) is 5. The van der Waals surface area contributed by atoms with Gasteiger partial charge >= 0.3 is 0 Å². The molecule has 2 amide bonds. The van der Waals surface area contributed by atoms with Crippen molar-refractivity contribution >= 4 is 21.8 Å². The number of hydrogen-bond donors (Lipinski definition) is 2. The van der Waals surface area contributed by atoms with Crippen LogP contribution in [0.3, 0.4) is 0 Å². The van der Waals surface area contributed by atoms with E-state index in [2.05, 4.69) is 10.0 Å². The lowest BCUT2D eigenvalue weighted by atomic mass is 10.0. The number of methoxy groups -OCH3 is 1. The van der Waals surface area contributed by atoms with Crippen LogP contribution in [-0.4, -0.2) is 51.4 Å². The Bertz CT molecular complexity index is 1610. The van der Waals surface area contributed by atoms with Crippen LogP contribution < -0.4 is 14.8 Å². The topological polar surface area (TPSA) is 105 Å². The van der Waals surface area contributed by atoms with Gasteiger partial charge in [-0.1, -0.05) is 91.9 Å². The largest absolute Gasteiger partial charge is 0.497 e. The minimum absolute atomic E-state index is 0.158. The molecule has 0 radical (unpaired) electrons. The van der Waals surface area contributed by atoms with Gasteiger partial charge in [-0.25, -0.2) is 13.1 Å². The minimum atomic E-state index is -3.56. The van der Waals surface area contributed by atoms with E-state index in [9.17, 15) is 18.0 Å². The molecule has 45 heavy (non-hydrogen) atoms. The van der Waals surface area contributed by atoms with Gasteiger partial charge in [0.2, 0.25) is 21.8 Å². The Morgan fingerprint density at radius 2 is 1.33 bits per heavy atom. The number of nitrogens with zero attached hydrogens (tertiary/aromatic N) is 1. The number of carbonyl (C=O) groups excluding carboxylic acids is 2. The van der Waals surface area contributed by atoms with Crippen molar-refractivity contribution in [3.63, 3.8) is 0 Å². The Morgan fingerprint density at radius 3 is 1.93 bits per heavy atom. The van der Waals surface area contributed by atoms with Crippen LogP contribution in [-0.2, 0) is 45.4 Å². The maximum atomic E-state index is 14.0. The molecule has 2 N–H and O–H groups in total. The molecule has 0 bridgehead atoms. The summed E-state index contributed by atoms with van der Waals surface area (Å²) in [5.74, 6) is 0.402. The van der Waals surface area contributed by atoms with Crippen molar-refractivity contribution in [3.05, 3.63) is 131 Å². The number of nitrogens with one attached hydrogen (secondary N) is 2. The average Bonchev–Trinajstić information content (AvgIpc) is 3.06.